The van der Waals surface area contributed by atoms with Crippen LogP contribution in [-0.4, -0.2) is 47.9 Å². The van der Waals surface area contributed by atoms with Crippen molar-refractivity contribution in [2.45, 2.75) is 51.7 Å². The monoisotopic (exact) mass is 405 g/mol. The van der Waals surface area contributed by atoms with Crippen molar-refractivity contribution in [2.24, 2.45) is 5.92 Å². The van der Waals surface area contributed by atoms with Crippen LogP contribution in [0.25, 0.3) is 0 Å². The molecule has 2 aromatic carbocycles. The van der Waals surface area contributed by atoms with E-state index in [1.54, 1.807) is 0 Å². The molecule has 1 N–H and O–H groups in total. The number of anilines is 1. The molecule has 0 aromatic heterocycles. The van der Waals surface area contributed by atoms with Crippen molar-refractivity contribution in [3.8, 4) is 0 Å². The smallest absolute Gasteiger partial charge is 0.246 e. The van der Waals surface area contributed by atoms with E-state index in [1.165, 1.54) is 5.56 Å². The Morgan fingerprint density at radius 3 is 2.37 bits per heavy atom. The molecule has 3 atom stereocenters. The van der Waals surface area contributed by atoms with Crippen LogP contribution in [0, 0.1) is 12.8 Å². The fraction of sp³-hybridized carbons (Fsp3) is 0.440. The first-order valence-corrected chi connectivity index (χ1v) is 10.9. The normalized spacial score (nSPS) is 24.1. The first-order valence-electron chi connectivity index (χ1n) is 10.9. The van der Waals surface area contributed by atoms with Crippen molar-refractivity contribution < 1.29 is 9.59 Å². The topological polar surface area (TPSA) is 52.7 Å². The second-order valence-electron chi connectivity index (χ2n) is 8.98. The van der Waals surface area contributed by atoms with Crippen molar-refractivity contribution in [1.82, 2.24) is 10.2 Å². The molecule has 0 radical (unpaired) electrons. The zero-order valence-corrected chi connectivity index (χ0v) is 18.0. The molecule has 0 saturated carbocycles. The summed E-state index contributed by atoms with van der Waals surface area (Å²) in [6.07, 6.45) is 1.32. The van der Waals surface area contributed by atoms with Crippen LogP contribution < -0.4 is 10.2 Å². The Balaban J connectivity index is 1.70. The summed E-state index contributed by atoms with van der Waals surface area (Å²) in [6, 6.07) is 17.8. The maximum absolute atomic E-state index is 13.9. The van der Waals surface area contributed by atoms with Gasteiger partial charge in [0, 0.05) is 25.2 Å². The second kappa shape index (κ2) is 8.50. The molecule has 158 valence electrons. The van der Waals surface area contributed by atoms with Crippen LogP contribution in [-0.2, 0) is 16.0 Å². The Hall–Kier alpha value is -2.82. The average molecular weight is 406 g/mol. The second-order valence-corrected chi connectivity index (χ2v) is 8.98. The molecule has 0 aliphatic carbocycles. The first kappa shape index (κ1) is 20.5. The van der Waals surface area contributed by atoms with Crippen LogP contribution in [0.3, 0.4) is 0 Å². The summed E-state index contributed by atoms with van der Waals surface area (Å²) < 4.78 is 0. The number of fused-ring (bicyclic) bond motifs is 1. The Kier molecular flexibility index (Phi) is 5.80. The number of nitrogens with one attached hydrogen (secondary N) is 1. The number of hydrogen-bond acceptors (Lipinski definition) is 3. The molecule has 2 aromatic rings. The van der Waals surface area contributed by atoms with E-state index < -0.39 is 0 Å². The lowest BCUT2D eigenvalue weighted by Crippen LogP contribution is -2.72. The Morgan fingerprint density at radius 2 is 1.70 bits per heavy atom. The van der Waals surface area contributed by atoms with E-state index in [1.807, 2.05) is 23.1 Å². The largest absolute Gasteiger partial charge is 0.357 e. The van der Waals surface area contributed by atoms with Gasteiger partial charge in [0.1, 0.15) is 12.1 Å². The highest BCUT2D eigenvalue weighted by Crippen LogP contribution is 2.30. The van der Waals surface area contributed by atoms with Gasteiger partial charge >= 0.3 is 0 Å². The number of carbonyl (C=O) groups excluding carboxylic acids is 2. The predicted octanol–water partition coefficient (Wildman–Crippen LogP) is 3.17. The van der Waals surface area contributed by atoms with Gasteiger partial charge in [-0.3, -0.25) is 9.59 Å². The van der Waals surface area contributed by atoms with Gasteiger partial charge in [-0.15, -0.1) is 0 Å². The van der Waals surface area contributed by atoms with Gasteiger partial charge in [0.05, 0.1) is 6.04 Å². The zero-order valence-electron chi connectivity index (χ0n) is 18.0. The lowest BCUT2D eigenvalue weighted by Gasteiger charge is -2.51. The maximum atomic E-state index is 13.9. The molecule has 5 nitrogen and oxygen atoms in total. The minimum atomic E-state index is -0.380. The maximum Gasteiger partial charge on any atom is 0.246 e. The first-order chi connectivity index (χ1) is 14.4. The summed E-state index contributed by atoms with van der Waals surface area (Å²) >= 11 is 0. The third-order valence-corrected chi connectivity index (χ3v) is 6.20. The van der Waals surface area contributed by atoms with Gasteiger partial charge < -0.3 is 15.1 Å². The summed E-state index contributed by atoms with van der Waals surface area (Å²) in [4.78, 5) is 30.7. The van der Waals surface area contributed by atoms with Gasteiger partial charge in [0.25, 0.3) is 0 Å². The van der Waals surface area contributed by atoms with Gasteiger partial charge in [-0.2, -0.15) is 0 Å². The van der Waals surface area contributed by atoms with Crippen molar-refractivity contribution in [2.75, 3.05) is 18.0 Å². The quantitative estimate of drug-likeness (QED) is 0.831. The Morgan fingerprint density at radius 1 is 1.00 bits per heavy atom. The molecule has 4 rings (SSSR count). The van der Waals surface area contributed by atoms with Gasteiger partial charge in [-0.25, -0.2) is 0 Å². The van der Waals surface area contributed by atoms with E-state index in [-0.39, 0.29) is 29.9 Å². The molecule has 0 spiro atoms. The number of aryl methyl sites for hydroxylation is 1. The molecule has 30 heavy (non-hydrogen) atoms. The molecular formula is C25H31N3O2. The van der Waals surface area contributed by atoms with E-state index in [2.05, 4.69) is 67.4 Å². The van der Waals surface area contributed by atoms with Gasteiger partial charge in [0.2, 0.25) is 11.8 Å². The zero-order chi connectivity index (χ0) is 21.3. The number of benzene rings is 2. The predicted molar refractivity (Wildman–Crippen MR) is 119 cm³/mol. The van der Waals surface area contributed by atoms with Crippen molar-refractivity contribution >= 4 is 17.5 Å². The van der Waals surface area contributed by atoms with E-state index >= 15 is 0 Å². The van der Waals surface area contributed by atoms with Crippen LogP contribution in [0.4, 0.5) is 5.69 Å². The molecule has 2 heterocycles. The SMILES string of the molecule is Cc1ccc(N2C[C@H]3CNC(=O)[C@H](CC(C)C)N3C(=O)[C@@H]2Cc2ccccc2)cc1. The summed E-state index contributed by atoms with van der Waals surface area (Å²) in [5.41, 5.74) is 3.39. The fourth-order valence-electron chi connectivity index (χ4n) is 4.68. The molecule has 2 amide bonds. The van der Waals surface area contributed by atoms with Gasteiger partial charge in [0.15, 0.2) is 0 Å². The fourth-order valence-corrected chi connectivity index (χ4v) is 4.68. The van der Waals surface area contributed by atoms with Crippen LogP contribution in [0.5, 0.6) is 0 Å². The van der Waals surface area contributed by atoms with Crippen molar-refractivity contribution in [1.29, 1.82) is 0 Å². The number of hydrogen-bond donors (Lipinski definition) is 1. The third-order valence-electron chi connectivity index (χ3n) is 6.20. The van der Waals surface area contributed by atoms with Crippen molar-refractivity contribution in [3.05, 3.63) is 65.7 Å². The number of piperazine rings is 2. The van der Waals surface area contributed by atoms with E-state index in [0.717, 1.165) is 17.8 Å². The minimum absolute atomic E-state index is 0.00715. The highest BCUT2D eigenvalue weighted by molar-refractivity contribution is 5.94. The number of amides is 2. The van der Waals surface area contributed by atoms with Gasteiger partial charge in [-0.1, -0.05) is 61.9 Å². The molecule has 2 saturated heterocycles. The third kappa shape index (κ3) is 4.07. The Labute approximate surface area is 179 Å². The molecule has 0 unspecified atom stereocenters. The minimum Gasteiger partial charge on any atom is -0.357 e. The van der Waals surface area contributed by atoms with Gasteiger partial charge in [-0.05, 0) is 37.0 Å². The molecule has 2 fully saturated rings. The van der Waals surface area contributed by atoms with Crippen LogP contribution >= 0.6 is 0 Å². The van der Waals surface area contributed by atoms with E-state index in [9.17, 15) is 9.59 Å². The summed E-state index contributed by atoms with van der Waals surface area (Å²) in [5, 5.41) is 3.04. The Bertz CT molecular complexity index is 894. The lowest BCUT2D eigenvalue weighted by molar-refractivity contribution is -0.150. The summed E-state index contributed by atoms with van der Waals surface area (Å²) in [7, 11) is 0. The standard InChI is InChI=1S/C25H31N3O2/c1-17(2)13-22-24(29)26-15-21-16-27(20-11-9-18(3)10-12-20)23(25(30)28(21)22)14-19-7-5-4-6-8-19/h4-12,17,21-23H,13-16H2,1-3H3,(H,26,29)/t21-,22+,23+/m1/s1. The summed E-state index contributed by atoms with van der Waals surface area (Å²) in [5.74, 6) is 0.390. The molecule has 2 aliphatic rings. The highest BCUT2D eigenvalue weighted by atomic mass is 16.2. The molecule has 2 aliphatic heterocycles. The number of carbonyl (C=O) groups is 2. The molecule has 0 bridgehead atoms. The summed E-state index contributed by atoms with van der Waals surface area (Å²) in [6.45, 7) is 7.51. The van der Waals surface area contributed by atoms with E-state index in [0.29, 0.717) is 25.3 Å². The molecular weight excluding hydrogens is 374 g/mol. The lowest BCUT2D eigenvalue weighted by atomic mass is 9.91. The van der Waals surface area contributed by atoms with Crippen LogP contribution in [0.2, 0.25) is 0 Å². The number of rotatable bonds is 5. The van der Waals surface area contributed by atoms with Crippen LogP contribution in [0.1, 0.15) is 31.4 Å². The highest BCUT2D eigenvalue weighted by Gasteiger charge is 2.47. The number of nitrogens with zero attached hydrogens (tertiary/aromatic N) is 2. The van der Waals surface area contributed by atoms with E-state index in [4.69, 9.17) is 0 Å². The molecule has 5 heteroatoms. The van der Waals surface area contributed by atoms with Crippen molar-refractivity contribution in [3.63, 3.8) is 0 Å². The average Bonchev–Trinajstić information content (AvgIpc) is 2.73. The van der Waals surface area contributed by atoms with Crippen LogP contribution in [0.15, 0.2) is 54.6 Å².